The highest BCUT2D eigenvalue weighted by molar-refractivity contribution is 7.91. The number of hydrogen-bond acceptors (Lipinski definition) is 2. The summed E-state index contributed by atoms with van der Waals surface area (Å²) in [5.41, 5.74) is 4.63. The number of fused-ring (bicyclic) bond motifs is 1. The van der Waals surface area contributed by atoms with Crippen LogP contribution in [0.25, 0.3) is 10.9 Å². The average Bonchev–Trinajstić information content (AvgIpc) is 2.84. The first-order valence-corrected chi connectivity index (χ1v) is 10.8. The molecule has 3 nitrogen and oxygen atoms in total. The normalized spacial score (nSPS) is 13.9. The number of benzene rings is 2. The SMILES string of the molecule is Cc1ccc(S(=O)(=O)c2ccc3c(c2)c(C(C)C(C)(C)C)c(C)n3C)cc1. The van der Waals surface area contributed by atoms with Gasteiger partial charge in [-0.1, -0.05) is 45.4 Å². The van der Waals surface area contributed by atoms with Gasteiger partial charge in [-0.3, -0.25) is 0 Å². The fraction of sp³-hybridized carbons (Fsp3) is 0.391. The molecule has 27 heavy (non-hydrogen) atoms. The summed E-state index contributed by atoms with van der Waals surface area (Å²) in [4.78, 5) is 0.692. The maximum absolute atomic E-state index is 13.2. The van der Waals surface area contributed by atoms with E-state index in [1.165, 1.54) is 11.3 Å². The van der Waals surface area contributed by atoms with E-state index in [0.29, 0.717) is 15.7 Å². The van der Waals surface area contributed by atoms with Crippen molar-refractivity contribution in [2.45, 2.75) is 57.3 Å². The summed E-state index contributed by atoms with van der Waals surface area (Å²) >= 11 is 0. The zero-order valence-electron chi connectivity index (χ0n) is 17.3. The van der Waals surface area contributed by atoms with Crippen LogP contribution in [0.2, 0.25) is 0 Å². The largest absolute Gasteiger partial charge is 0.348 e. The van der Waals surface area contributed by atoms with Crippen LogP contribution in [0.4, 0.5) is 0 Å². The monoisotopic (exact) mass is 383 g/mol. The van der Waals surface area contributed by atoms with Crippen LogP contribution >= 0.6 is 0 Å². The molecule has 0 fully saturated rings. The van der Waals surface area contributed by atoms with Crippen LogP contribution in [0.3, 0.4) is 0 Å². The Morgan fingerprint density at radius 1 is 0.926 bits per heavy atom. The lowest BCUT2D eigenvalue weighted by Crippen LogP contribution is -2.16. The summed E-state index contributed by atoms with van der Waals surface area (Å²) < 4.78 is 28.5. The highest BCUT2D eigenvalue weighted by Crippen LogP contribution is 2.41. The molecule has 0 aliphatic carbocycles. The summed E-state index contributed by atoms with van der Waals surface area (Å²) in [7, 11) is -1.49. The number of aromatic nitrogens is 1. The maximum Gasteiger partial charge on any atom is 0.206 e. The third kappa shape index (κ3) is 3.31. The lowest BCUT2D eigenvalue weighted by molar-refractivity contribution is 0.340. The Bertz CT molecular complexity index is 1100. The highest BCUT2D eigenvalue weighted by atomic mass is 32.2. The fourth-order valence-electron chi connectivity index (χ4n) is 3.58. The van der Waals surface area contributed by atoms with Gasteiger partial charge < -0.3 is 4.57 Å². The van der Waals surface area contributed by atoms with Crippen LogP contribution in [0.1, 0.15) is 50.4 Å². The Hall–Kier alpha value is -2.07. The quantitative estimate of drug-likeness (QED) is 0.575. The molecular weight excluding hydrogens is 354 g/mol. The molecule has 1 aromatic heterocycles. The van der Waals surface area contributed by atoms with Gasteiger partial charge in [-0.15, -0.1) is 0 Å². The van der Waals surface area contributed by atoms with E-state index in [-0.39, 0.29) is 5.41 Å². The summed E-state index contributed by atoms with van der Waals surface area (Å²) in [5, 5.41) is 1.03. The lowest BCUT2D eigenvalue weighted by atomic mass is 9.77. The van der Waals surface area contributed by atoms with Crippen LogP contribution in [0, 0.1) is 19.3 Å². The molecule has 1 atom stereocenters. The summed E-state index contributed by atoms with van der Waals surface area (Å²) in [5.74, 6) is 0.304. The van der Waals surface area contributed by atoms with Crippen molar-refractivity contribution in [1.82, 2.24) is 4.57 Å². The molecule has 144 valence electrons. The molecule has 0 saturated carbocycles. The molecule has 0 bridgehead atoms. The van der Waals surface area contributed by atoms with Gasteiger partial charge in [0.25, 0.3) is 0 Å². The minimum atomic E-state index is -3.54. The number of aryl methyl sites for hydroxylation is 2. The van der Waals surface area contributed by atoms with Crippen LogP contribution in [0.5, 0.6) is 0 Å². The van der Waals surface area contributed by atoms with Gasteiger partial charge in [-0.25, -0.2) is 8.42 Å². The van der Waals surface area contributed by atoms with Crippen molar-refractivity contribution in [3.05, 3.63) is 59.3 Å². The van der Waals surface area contributed by atoms with Crippen molar-refractivity contribution in [3.63, 3.8) is 0 Å². The van der Waals surface area contributed by atoms with Crippen LogP contribution in [0.15, 0.2) is 52.3 Å². The second-order valence-corrected chi connectivity index (χ2v) is 10.6. The van der Waals surface area contributed by atoms with Crippen molar-refractivity contribution in [2.75, 3.05) is 0 Å². The van der Waals surface area contributed by atoms with E-state index in [9.17, 15) is 8.42 Å². The molecular formula is C23H29NO2S. The topological polar surface area (TPSA) is 39.1 Å². The average molecular weight is 384 g/mol. The molecule has 3 aromatic rings. The standard InChI is InChI=1S/C23H29NO2S/c1-15-8-10-18(11-9-15)27(25,26)19-12-13-21-20(14-19)22(17(3)24(21)7)16(2)23(4,5)6/h8-14,16H,1-7H3. The van der Waals surface area contributed by atoms with E-state index in [0.717, 1.165) is 16.5 Å². The second-order valence-electron chi connectivity index (χ2n) is 8.64. The molecule has 4 heteroatoms. The van der Waals surface area contributed by atoms with Gasteiger partial charge in [0, 0.05) is 23.6 Å². The predicted octanol–water partition coefficient (Wildman–Crippen LogP) is 5.78. The van der Waals surface area contributed by atoms with Crippen LogP contribution in [-0.4, -0.2) is 13.0 Å². The Morgan fingerprint density at radius 2 is 1.48 bits per heavy atom. The molecule has 1 unspecified atom stereocenters. The third-order valence-electron chi connectivity index (χ3n) is 5.89. The van der Waals surface area contributed by atoms with Gasteiger partial charge >= 0.3 is 0 Å². The van der Waals surface area contributed by atoms with Crippen LogP contribution in [-0.2, 0) is 16.9 Å². The molecule has 1 heterocycles. The molecule has 0 spiro atoms. The van der Waals surface area contributed by atoms with Gasteiger partial charge in [0.15, 0.2) is 0 Å². The number of sulfone groups is 1. The van der Waals surface area contributed by atoms with Gasteiger partial charge in [0.05, 0.1) is 9.79 Å². The molecule has 0 N–H and O–H groups in total. The molecule has 3 rings (SSSR count). The lowest BCUT2D eigenvalue weighted by Gasteiger charge is -2.28. The number of nitrogens with zero attached hydrogens (tertiary/aromatic N) is 1. The Kier molecular flexibility index (Phi) is 4.75. The van der Waals surface area contributed by atoms with Crippen molar-refractivity contribution in [2.24, 2.45) is 12.5 Å². The predicted molar refractivity (Wildman–Crippen MR) is 112 cm³/mol. The van der Waals surface area contributed by atoms with Gasteiger partial charge in [0.1, 0.15) is 0 Å². The zero-order chi connectivity index (χ0) is 20.1. The first kappa shape index (κ1) is 19.7. The molecule has 0 aliphatic heterocycles. The van der Waals surface area contributed by atoms with Crippen LogP contribution < -0.4 is 0 Å². The minimum Gasteiger partial charge on any atom is -0.348 e. The summed E-state index contributed by atoms with van der Waals surface area (Å²) in [6.07, 6.45) is 0. The first-order valence-electron chi connectivity index (χ1n) is 9.35. The molecule has 0 aliphatic rings. The molecule has 0 amide bonds. The van der Waals surface area contributed by atoms with E-state index in [1.54, 1.807) is 18.2 Å². The maximum atomic E-state index is 13.2. The smallest absolute Gasteiger partial charge is 0.206 e. The van der Waals surface area contributed by atoms with E-state index < -0.39 is 9.84 Å². The first-order chi connectivity index (χ1) is 12.4. The molecule has 2 aromatic carbocycles. The van der Waals surface area contributed by atoms with E-state index in [2.05, 4.69) is 39.2 Å². The van der Waals surface area contributed by atoms with Gasteiger partial charge in [-0.2, -0.15) is 0 Å². The van der Waals surface area contributed by atoms with Gasteiger partial charge in [0.2, 0.25) is 9.84 Å². The van der Waals surface area contributed by atoms with E-state index in [4.69, 9.17) is 0 Å². The summed E-state index contributed by atoms with van der Waals surface area (Å²) in [6.45, 7) is 13.0. The zero-order valence-corrected chi connectivity index (χ0v) is 18.1. The third-order valence-corrected chi connectivity index (χ3v) is 7.65. The highest BCUT2D eigenvalue weighted by Gasteiger charge is 2.28. The van der Waals surface area contributed by atoms with Crippen molar-refractivity contribution >= 4 is 20.7 Å². The number of hydrogen-bond donors (Lipinski definition) is 0. The Morgan fingerprint density at radius 3 is 2.04 bits per heavy atom. The van der Waals surface area contributed by atoms with Gasteiger partial charge in [-0.05, 0) is 61.1 Å². The molecule has 0 saturated heterocycles. The number of rotatable bonds is 3. The summed E-state index contributed by atoms with van der Waals surface area (Å²) in [6, 6.07) is 12.6. The minimum absolute atomic E-state index is 0.0882. The van der Waals surface area contributed by atoms with E-state index in [1.807, 2.05) is 38.2 Å². The molecule has 0 radical (unpaired) electrons. The Balaban J connectivity index is 2.24. The van der Waals surface area contributed by atoms with Crippen molar-refractivity contribution in [3.8, 4) is 0 Å². The Labute approximate surface area is 162 Å². The van der Waals surface area contributed by atoms with E-state index >= 15 is 0 Å². The van der Waals surface area contributed by atoms with Crippen molar-refractivity contribution < 1.29 is 8.42 Å². The second kappa shape index (κ2) is 6.52. The fourth-order valence-corrected chi connectivity index (χ4v) is 4.87. The van der Waals surface area contributed by atoms with Crippen molar-refractivity contribution in [1.29, 1.82) is 0 Å².